The number of ether oxygens (including phenoxy) is 2. The number of amides is 1. The average molecular weight is 521 g/mol. The van der Waals surface area contributed by atoms with Gasteiger partial charge in [-0.15, -0.1) is 0 Å². The molecule has 204 valence electrons. The topological polar surface area (TPSA) is 79.3 Å². The first-order valence-electron chi connectivity index (χ1n) is 14.0. The molecular weight excluding hydrogens is 480 g/mol. The molecule has 0 saturated carbocycles. The molecule has 3 aliphatic rings. The summed E-state index contributed by atoms with van der Waals surface area (Å²) in [4.78, 5) is 29.0. The molecule has 1 N–H and O–H groups in total. The highest BCUT2D eigenvalue weighted by Crippen LogP contribution is 2.56. The van der Waals surface area contributed by atoms with Gasteiger partial charge in [0.15, 0.2) is 0 Å². The van der Waals surface area contributed by atoms with Crippen molar-refractivity contribution in [2.24, 2.45) is 11.3 Å². The Balaban J connectivity index is 1.29. The Labute approximate surface area is 225 Å². The van der Waals surface area contributed by atoms with Crippen molar-refractivity contribution < 1.29 is 24.2 Å². The van der Waals surface area contributed by atoms with Crippen LogP contribution in [-0.4, -0.2) is 60.3 Å². The zero-order valence-corrected chi connectivity index (χ0v) is 22.8. The van der Waals surface area contributed by atoms with Gasteiger partial charge in [-0.25, -0.2) is 0 Å². The fourth-order valence-corrected chi connectivity index (χ4v) is 6.70. The molecule has 3 aliphatic heterocycles. The summed E-state index contributed by atoms with van der Waals surface area (Å²) in [6.45, 7) is 10.2. The number of carboxylic acid groups (broad SMARTS) is 1. The monoisotopic (exact) mass is 520 g/mol. The zero-order valence-electron chi connectivity index (χ0n) is 22.8. The van der Waals surface area contributed by atoms with Crippen LogP contribution < -0.4 is 9.64 Å². The Morgan fingerprint density at radius 1 is 1.05 bits per heavy atom. The fourth-order valence-electron chi connectivity index (χ4n) is 6.70. The number of rotatable bonds is 7. The third-order valence-corrected chi connectivity index (χ3v) is 9.13. The Kier molecular flexibility index (Phi) is 7.40. The minimum atomic E-state index is -0.811. The van der Waals surface area contributed by atoms with E-state index in [0.29, 0.717) is 26.1 Å². The molecule has 2 aromatic rings. The standard InChI is InChI=1S/C31H40N2O5/c1-4-32(5-2)23-12-10-22(11-13-23)29(36)33-18-16-31(17-19-33)20-25-28(37-21-31)24-8-6-7-9-26(24)38-30(25,3)15-14-27(34)35/h6-13,25,28H,4-5,14-21H2,1-3H3,(H,34,35)/t25-,28+,30+/m1/s1. The lowest BCUT2D eigenvalue weighted by atomic mass is 9.63. The first-order chi connectivity index (χ1) is 18.3. The third kappa shape index (κ3) is 5.00. The lowest BCUT2D eigenvalue weighted by Gasteiger charge is -2.55. The maximum Gasteiger partial charge on any atom is 0.303 e. The van der Waals surface area contributed by atoms with Crippen molar-refractivity contribution in [3.8, 4) is 5.75 Å². The highest BCUT2D eigenvalue weighted by molar-refractivity contribution is 5.94. The molecule has 5 rings (SSSR count). The Morgan fingerprint density at radius 3 is 2.39 bits per heavy atom. The van der Waals surface area contributed by atoms with Crippen LogP contribution in [0.2, 0.25) is 0 Å². The van der Waals surface area contributed by atoms with Crippen molar-refractivity contribution >= 4 is 17.6 Å². The minimum Gasteiger partial charge on any atom is -0.487 e. The number of aliphatic carboxylic acids is 1. The van der Waals surface area contributed by atoms with E-state index in [1.54, 1.807) is 0 Å². The first-order valence-corrected chi connectivity index (χ1v) is 14.0. The van der Waals surface area contributed by atoms with Gasteiger partial charge in [-0.05, 0) is 82.2 Å². The molecule has 0 unspecified atom stereocenters. The number of anilines is 1. The lowest BCUT2D eigenvalue weighted by molar-refractivity contribution is -0.180. The van der Waals surface area contributed by atoms with Gasteiger partial charge in [0.1, 0.15) is 11.4 Å². The summed E-state index contributed by atoms with van der Waals surface area (Å²) in [5.41, 5.74) is 2.27. The number of hydrogen-bond acceptors (Lipinski definition) is 5. The summed E-state index contributed by atoms with van der Waals surface area (Å²) in [7, 11) is 0. The molecule has 2 fully saturated rings. The zero-order chi connectivity index (χ0) is 26.9. The lowest BCUT2D eigenvalue weighted by Crippen LogP contribution is -2.55. The highest BCUT2D eigenvalue weighted by atomic mass is 16.5. The van der Waals surface area contributed by atoms with Crippen LogP contribution in [0.4, 0.5) is 5.69 Å². The van der Waals surface area contributed by atoms with Gasteiger partial charge in [0.2, 0.25) is 0 Å². The van der Waals surface area contributed by atoms with E-state index >= 15 is 0 Å². The van der Waals surface area contributed by atoms with Crippen molar-refractivity contribution in [2.45, 2.75) is 64.6 Å². The van der Waals surface area contributed by atoms with E-state index in [1.165, 1.54) is 0 Å². The molecule has 0 radical (unpaired) electrons. The van der Waals surface area contributed by atoms with Crippen molar-refractivity contribution in [1.82, 2.24) is 4.90 Å². The van der Waals surface area contributed by atoms with Gasteiger partial charge < -0.3 is 24.4 Å². The molecule has 0 bridgehead atoms. The number of benzene rings is 2. The maximum atomic E-state index is 13.3. The van der Waals surface area contributed by atoms with E-state index in [4.69, 9.17) is 9.47 Å². The van der Waals surface area contributed by atoms with Crippen LogP contribution in [0.25, 0.3) is 0 Å². The number of para-hydroxylation sites is 1. The molecule has 2 aromatic carbocycles. The number of carboxylic acids is 1. The summed E-state index contributed by atoms with van der Waals surface area (Å²) in [5.74, 6) is 0.126. The van der Waals surface area contributed by atoms with Gasteiger partial charge in [0, 0.05) is 55.3 Å². The number of carbonyl (C=O) groups excluding carboxylic acids is 1. The Bertz CT molecular complexity index is 1150. The minimum absolute atomic E-state index is 0.0370. The smallest absolute Gasteiger partial charge is 0.303 e. The fraction of sp³-hybridized carbons (Fsp3) is 0.548. The molecule has 3 atom stereocenters. The summed E-state index contributed by atoms with van der Waals surface area (Å²) in [6.07, 6.45) is 3.04. The van der Waals surface area contributed by atoms with Crippen molar-refractivity contribution in [3.63, 3.8) is 0 Å². The van der Waals surface area contributed by atoms with Gasteiger partial charge in [-0.1, -0.05) is 18.2 Å². The van der Waals surface area contributed by atoms with Crippen molar-refractivity contribution in [2.75, 3.05) is 37.7 Å². The van der Waals surface area contributed by atoms with Crippen LogP contribution in [0.3, 0.4) is 0 Å². The van der Waals surface area contributed by atoms with E-state index in [9.17, 15) is 14.7 Å². The first kappa shape index (κ1) is 26.5. The van der Waals surface area contributed by atoms with E-state index < -0.39 is 11.6 Å². The summed E-state index contributed by atoms with van der Waals surface area (Å²) < 4.78 is 13.1. The van der Waals surface area contributed by atoms with E-state index in [2.05, 4.69) is 24.8 Å². The predicted molar refractivity (Wildman–Crippen MR) is 147 cm³/mol. The molecule has 2 saturated heterocycles. The highest BCUT2D eigenvalue weighted by Gasteiger charge is 2.54. The quantitative estimate of drug-likeness (QED) is 0.516. The largest absolute Gasteiger partial charge is 0.487 e. The number of nitrogens with zero attached hydrogens (tertiary/aromatic N) is 2. The summed E-state index contributed by atoms with van der Waals surface area (Å²) in [5, 5.41) is 9.41. The molecular formula is C31H40N2O5. The SMILES string of the molecule is CCN(CC)c1ccc(C(=O)N2CCC3(CC2)CO[C@H]2c4ccccc4O[C@@](C)(CCC(=O)O)[C@@H]2C3)cc1. The number of hydrogen-bond donors (Lipinski definition) is 1. The number of likely N-dealkylation sites (tertiary alicyclic amines) is 1. The van der Waals surface area contributed by atoms with Crippen molar-refractivity contribution in [1.29, 1.82) is 0 Å². The second-order valence-electron chi connectivity index (χ2n) is 11.4. The van der Waals surface area contributed by atoms with Crippen LogP contribution in [0.1, 0.15) is 74.9 Å². The Morgan fingerprint density at radius 2 is 1.74 bits per heavy atom. The molecule has 3 heterocycles. The van der Waals surface area contributed by atoms with Crippen LogP contribution in [-0.2, 0) is 9.53 Å². The molecule has 0 aliphatic carbocycles. The number of piperidine rings is 1. The number of carbonyl (C=O) groups is 2. The molecule has 0 aromatic heterocycles. The second-order valence-corrected chi connectivity index (χ2v) is 11.4. The van der Waals surface area contributed by atoms with Crippen LogP contribution in [0.15, 0.2) is 48.5 Å². The van der Waals surface area contributed by atoms with Crippen LogP contribution in [0.5, 0.6) is 5.75 Å². The molecule has 7 heteroatoms. The molecule has 1 amide bonds. The van der Waals surface area contributed by atoms with Gasteiger partial charge in [-0.2, -0.15) is 0 Å². The average Bonchev–Trinajstić information content (AvgIpc) is 2.93. The van der Waals surface area contributed by atoms with E-state index in [-0.39, 0.29) is 29.8 Å². The van der Waals surface area contributed by atoms with E-state index in [0.717, 1.165) is 54.9 Å². The van der Waals surface area contributed by atoms with E-state index in [1.807, 2.05) is 54.3 Å². The Hall–Kier alpha value is -3.06. The van der Waals surface area contributed by atoms with Gasteiger partial charge in [0.05, 0.1) is 12.7 Å². The summed E-state index contributed by atoms with van der Waals surface area (Å²) in [6, 6.07) is 15.9. The second kappa shape index (κ2) is 10.6. The van der Waals surface area contributed by atoms with Crippen LogP contribution >= 0.6 is 0 Å². The summed E-state index contributed by atoms with van der Waals surface area (Å²) >= 11 is 0. The van der Waals surface area contributed by atoms with Gasteiger partial charge >= 0.3 is 5.97 Å². The molecule has 7 nitrogen and oxygen atoms in total. The van der Waals surface area contributed by atoms with Crippen molar-refractivity contribution in [3.05, 3.63) is 59.7 Å². The molecule has 38 heavy (non-hydrogen) atoms. The van der Waals surface area contributed by atoms with Crippen LogP contribution in [0, 0.1) is 11.3 Å². The number of fused-ring (bicyclic) bond motifs is 3. The van der Waals surface area contributed by atoms with Gasteiger partial charge in [0.25, 0.3) is 5.91 Å². The normalized spacial score (nSPS) is 25.7. The maximum absolute atomic E-state index is 13.3. The van der Waals surface area contributed by atoms with Gasteiger partial charge in [-0.3, -0.25) is 9.59 Å². The molecule has 1 spiro atoms. The predicted octanol–water partition coefficient (Wildman–Crippen LogP) is 5.55. The third-order valence-electron chi connectivity index (χ3n) is 9.13.